The summed E-state index contributed by atoms with van der Waals surface area (Å²) >= 11 is 0. The minimum atomic E-state index is -0.442. The number of fused-ring (bicyclic) bond motifs is 1. The molecule has 2 saturated heterocycles. The normalized spacial score (nSPS) is 25.0. The first kappa shape index (κ1) is 19.3. The largest absolute Gasteiger partial charge is 0.461 e. The second-order valence-electron chi connectivity index (χ2n) is 8.37. The second kappa shape index (κ2) is 7.85. The van der Waals surface area contributed by atoms with Crippen molar-refractivity contribution in [2.75, 3.05) is 26.3 Å². The number of ether oxygens (including phenoxy) is 1. The number of hydrogen-bond donors (Lipinski definition) is 1. The van der Waals surface area contributed by atoms with Crippen molar-refractivity contribution in [3.05, 3.63) is 65.7 Å². The molecule has 2 aliphatic rings. The highest BCUT2D eigenvalue weighted by Gasteiger charge is 2.49. The summed E-state index contributed by atoms with van der Waals surface area (Å²) in [6.45, 7) is 5.47. The van der Waals surface area contributed by atoms with Crippen LogP contribution in [0.3, 0.4) is 0 Å². The molecule has 156 valence electrons. The molecule has 2 atom stereocenters. The van der Waals surface area contributed by atoms with Crippen LogP contribution in [0.1, 0.15) is 36.1 Å². The van der Waals surface area contributed by atoms with E-state index in [-0.39, 0.29) is 11.8 Å². The number of carbonyl (C=O) groups excluding carboxylic acids is 1. The first-order chi connectivity index (χ1) is 14.7. The molecule has 1 N–H and O–H groups in total. The van der Waals surface area contributed by atoms with Gasteiger partial charge in [0, 0.05) is 61.7 Å². The number of pyridine rings is 1. The Labute approximate surface area is 176 Å². The van der Waals surface area contributed by atoms with Gasteiger partial charge in [0.15, 0.2) is 0 Å². The number of nitrogens with one attached hydrogen (secondary N) is 1. The van der Waals surface area contributed by atoms with Crippen molar-refractivity contribution < 1.29 is 13.9 Å². The molecule has 2 aromatic heterocycles. The molecule has 2 fully saturated rings. The van der Waals surface area contributed by atoms with Crippen molar-refractivity contribution >= 4 is 16.9 Å². The van der Waals surface area contributed by atoms with Crippen molar-refractivity contribution in [2.45, 2.75) is 37.8 Å². The minimum absolute atomic E-state index is 0.0613. The van der Waals surface area contributed by atoms with Gasteiger partial charge in [0.05, 0.1) is 18.8 Å². The number of likely N-dealkylation sites (tertiary alicyclic amines) is 1. The lowest BCUT2D eigenvalue weighted by Crippen LogP contribution is -2.55. The second-order valence-corrected chi connectivity index (χ2v) is 8.37. The average molecular weight is 405 g/mol. The van der Waals surface area contributed by atoms with Gasteiger partial charge in [0.2, 0.25) is 5.91 Å². The van der Waals surface area contributed by atoms with Crippen molar-refractivity contribution in [1.82, 2.24) is 15.2 Å². The van der Waals surface area contributed by atoms with Crippen LogP contribution in [-0.2, 0) is 22.5 Å². The topological polar surface area (TPSA) is 67.6 Å². The minimum Gasteiger partial charge on any atom is -0.461 e. The molecule has 0 aliphatic carbocycles. The van der Waals surface area contributed by atoms with E-state index in [1.165, 1.54) is 10.9 Å². The molecule has 0 unspecified atom stereocenters. The standard InChI is InChI=1S/C24H27N3O3/c1-2-21-19(18-7-3-4-8-22(18)30-21)13-27-14-20(17-6-5-10-25-12-17)24(15-27)16-29-11-9-23(28)26-24/h3-8,10,12,20H,2,9,11,13-16H2,1H3,(H,26,28)/t20-,24-/m0/s1. The molecule has 30 heavy (non-hydrogen) atoms. The number of aromatic nitrogens is 1. The van der Waals surface area contributed by atoms with Crippen molar-refractivity contribution in [1.29, 1.82) is 0 Å². The SMILES string of the molecule is CCc1oc2ccccc2c1CN1C[C@@H](c2cccnc2)[C@@]2(COCCC(=O)N2)C1. The van der Waals surface area contributed by atoms with Crippen LogP contribution in [0.5, 0.6) is 0 Å². The lowest BCUT2D eigenvalue weighted by atomic mass is 9.83. The molecular formula is C24H27N3O3. The van der Waals surface area contributed by atoms with Crippen molar-refractivity contribution in [2.24, 2.45) is 0 Å². The van der Waals surface area contributed by atoms with E-state index >= 15 is 0 Å². The van der Waals surface area contributed by atoms with Gasteiger partial charge >= 0.3 is 0 Å². The van der Waals surface area contributed by atoms with Gasteiger partial charge in [0.25, 0.3) is 0 Å². The van der Waals surface area contributed by atoms with E-state index in [2.05, 4.69) is 40.3 Å². The lowest BCUT2D eigenvalue weighted by molar-refractivity contribution is -0.122. The number of hydrogen-bond acceptors (Lipinski definition) is 5. The Morgan fingerprint density at radius 1 is 1.27 bits per heavy atom. The summed E-state index contributed by atoms with van der Waals surface area (Å²) in [5.41, 5.74) is 2.88. The number of rotatable bonds is 4. The molecule has 2 aliphatic heterocycles. The van der Waals surface area contributed by atoms with Gasteiger partial charge in [0.1, 0.15) is 11.3 Å². The van der Waals surface area contributed by atoms with Crippen LogP contribution in [0, 0.1) is 0 Å². The Hall–Kier alpha value is -2.70. The molecule has 4 heterocycles. The van der Waals surface area contributed by atoms with Crippen LogP contribution in [0.15, 0.2) is 53.2 Å². The smallest absolute Gasteiger partial charge is 0.222 e. The van der Waals surface area contributed by atoms with Crippen LogP contribution in [0.2, 0.25) is 0 Å². The fourth-order valence-corrected chi connectivity index (χ4v) is 5.03. The van der Waals surface area contributed by atoms with E-state index in [1.807, 2.05) is 24.4 Å². The molecule has 3 aromatic rings. The first-order valence-corrected chi connectivity index (χ1v) is 10.7. The number of aryl methyl sites for hydroxylation is 1. The maximum Gasteiger partial charge on any atom is 0.222 e. The fraction of sp³-hybridized carbons (Fsp3) is 0.417. The van der Waals surface area contributed by atoms with E-state index in [9.17, 15) is 4.79 Å². The molecule has 6 heteroatoms. The van der Waals surface area contributed by atoms with Gasteiger partial charge in [-0.3, -0.25) is 14.7 Å². The highest BCUT2D eigenvalue weighted by Crippen LogP contribution is 2.39. The lowest BCUT2D eigenvalue weighted by Gasteiger charge is -2.34. The third kappa shape index (κ3) is 3.40. The van der Waals surface area contributed by atoms with Crippen molar-refractivity contribution in [3.8, 4) is 0 Å². The van der Waals surface area contributed by atoms with Crippen LogP contribution >= 0.6 is 0 Å². The number of benzene rings is 1. The summed E-state index contributed by atoms with van der Waals surface area (Å²) in [5, 5.41) is 4.50. The average Bonchev–Trinajstić information content (AvgIpc) is 3.23. The summed E-state index contributed by atoms with van der Waals surface area (Å²) < 4.78 is 12.0. The Morgan fingerprint density at radius 2 is 2.17 bits per heavy atom. The molecule has 0 saturated carbocycles. The predicted molar refractivity (Wildman–Crippen MR) is 114 cm³/mol. The monoisotopic (exact) mass is 405 g/mol. The molecular weight excluding hydrogens is 378 g/mol. The van der Waals surface area contributed by atoms with Gasteiger partial charge in [-0.2, -0.15) is 0 Å². The Kier molecular flexibility index (Phi) is 5.05. The third-order valence-corrected chi connectivity index (χ3v) is 6.41. The quantitative estimate of drug-likeness (QED) is 0.722. The molecule has 1 aromatic carbocycles. The summed E-state index contributed by atoms with van der Waals surface area (Å²) in [4.78, 5) is 19.2. The molecule has 5 rings (SSSR count). The van der Waals surface area contributed by atoms with E-state index < -0.39 is 5.54 Å². The highest BCUT2D eigenvalue weighted by molar-refractivity contribution is 5.82. The van der Waals surface area contributed by atoms with Gasteiger partial charge < -0.3 is 14.5 Å². The van der Waals surface area contributed by atoms with Crippen LogP contribution in [-0.4, -0.2) is 47.6 Å². The third-order valence-electron chi connectivity index (χ3n) is 6.41. The van der Waals surface area contributed by atoms with Gasteiger partial charge in [-0.25, -0.2) is 0 Å². The summed E-state index contributed by atoms with van der Waals surface area (Å²) in [7, 11) is 0. The molecule has 6 nitrogen and oxygen atoms in total. The number of para-hydroxylation sites is 1. The van der Waals surface area contributed by atoms with Crippen LogP contribution < -0.4 is 5.32 Å². The first-order valence-electron chi connectivity index (χ1n) is 10.7. The van der Waals surface area contributed by atoms with E-state index in [0.29, 0.717) is 19.6 Å². The zero-order valence-electron chi connectivity index (χ0n) is 17.3. The summed E-state index contributed by atoms with van der Waals surface area (Å²) in [6.07, 6.45) is 4.97. The number of furan rings is 1. The van der Waals surface area contributed by atoms with Crippen molar-refractivity contribution in [3.63, 3.8) is 0 Å². The summed E-state index contributed by atoms with van der Waals surface area (Å²) in [6, 6.07) is 12.3. The number of carbonyl (C=O) groups is 1. The Balaban J connectivity index is 1.50. The van der Waals surface area contributed by atoms with Crippen LogP contribution in [0.4, 0.5) is 0 Å². The number of amides is 1. The zero-order valence-corrected chi connectivity index (χ0v) is 17.3. The summed E-state index contributed by atoms with van der Waals surface area (Å²) in [5.74, 6) is 1.22. The van der Waals surface area contributed by atoms with Gasteiger partial charge in [-0.05, 0) is 17.7 Å². The predicted octanol–water partition coefficient (Wildman–Crippen LogP) is 3.26. The fourth-order valence-electron chi connectivity index (χ4n) is 5.03. The molecule has 1 amide bonds. The van der Waals surface area contributed by atoms with Crippen LogP contribution in [0.25, 0.3) is 11.0 Å². The molecule has 1 spiro atoms. The molecule has 0 bridgehead atoms. The van der Waals surface area contributed by atoms with E-state index in [0.717, 1.165) is 43.0 Å². The maximum absolute atomic E-state index is 12.5. The maximum atomic E-state index is 12.5. The Morgan fingerprint density at radius 3 is 3.00 bits per heavy atom. The van der Waals surface area contributed by atoms with Gasteiger partial charge in [-0.1, -0.05) is 31.2 Å². The highest BCUT2D eigenvalue weighted by atomic mass is 16.5. The molecule has 0 radical (unpaired) electrons. The Bertz CT molecular complexity index is 1050. The van der Waals surface area contributed by atoms with E-state index in [4.69, 9.17) is 9.15 Å². The van der Waals surface area contributed by atoms with Gasteiger partial charge in [-0.15, -0.1) is 0 Å². The zero-order chi connectivity index (χ0) is 20.6. The number of nitrogens with zero attached hydrogens (tertiary/aromatic N) is 2. The van der Waals surface area contributed by atoms with E-state index in [1.54, 1.807) is 6.20 Å².